The summed E-state index contributed by atoms with van der Waals surface area (Å²) in [5.41, 5.74) is 3.55. The van der Waals surface area contributed by atoms with Crippen LogP contribution in [0.25, 0.3) is 11.2 Å². The van der Waals surface area contributed by atoms with Crippen molar-refractivity contribution in [1.29, 1.82) is 0 Å². The summed E-state index contributed by atoms with van der Waals surface area (Å²) >= 11 is 1.67. The highest BCUT2D eigenvalue weighted by Crippen LogP contribution is 2.23. The van der Waals surface area contributed by atoms with E-state index >= 15 is 0 Å². The van der Waals surface area contributed by atoms with Crippen LogP contribution in [0, 0.1) is 0 Å². The number of hydrogen-bond acceptors (Lipinski definition) is 5. The fourth-order valence-electron chi connectivity index (χ4n) is 2.47. The third-order valence-corrected chi connectivity index (χ3v) is 5.58. The van der Waals surface area contributed by atoms with E-state index in [0.29, 0.717) is 16.6 Å². The van der Waals surface area contributed by atoms with Crippen LogP contribution in [0.5, 0.6) is 0 Å². The van der Waals surface area contributed by atoms with Gasteiger partial charge in [0.15, 0.2) is 10.8 Å². The Bertz CT molecular complexity index is 876. The molecular weight excluding hydrogens is 340 g/mol. The third-order valence-electron chi connectivity index (χ3n) is 3.57. The van der Waals surface area contributed by atoms with E-state index in [1.807, 2.05) is 55.4 Å². The van der Waals surface area contributed by atoms with Gasteiger partial charge in [0.25, 0.3) is 0 Å². The van der Waals surface area contributed by atoms with Gasteiger partial charge in [0.05, 0.1) is 27.1 Å². The van der Waals surface area contributed by atoms with Crippen LogP contribution in [0.3, 0.4) is 0 Å². The van der Waals surface area contributed by atoms with Gasteiger partial charge in [0.2, 0.25) is 0 Å². The summed E-state index contributed by atoms with van der Waals surface area (Å²) in [6, 6.07) is 11.9. The van der Waals surface area contributed by atoms with Crippen molar-refractivity contribution in [3.63, 3.8) is 0 Å². The molecule has 3 aromatic rings. The van der Waals surface area contributed by atoms with Gasteiger partial charge in [-0.25, -0.2) is 9.97 Å². The van der Waals surface area contributed by atoms with Crippen LogP contribution in [-0.2, 0) is 16.6 Å². The normalized spacial score (nSPS) is 12.5. The monoisotopic (exact) mass is 360 g/mol. The summed E-state index contributed by atoms with van der Waals surface area (Å²) in [5, 5.41) is 1.41. The average Bonchev–Trinajstić information content (AvgIpc) is 2.99. The molecule has 2 aromatic heterocycles. The number of nitrogens with zero attached hydrogens (tertiary/aromatic N) is 3. The second kappa shape index (κ2) is 7.36. The van der Waals surface area contributed by atoms with Crippen molar-refractivity contribution in [1.82, 2.24) is 15.0 Å². The number of fused-ring (bicyclic) bond motifs is 1. The van der Waals surface area contributed by atoms with Crippen LogP contribution < -0.4 is 4.90 Å². The second-order valence-electron chi connectivity index (χ2n) is 5.51. The van der Waals surface area contributed by atoms with Crippen LogP contribution in [0.1, 0.15) is 12.5 Å². The summed E-state index contributed by atoms with van der Waals surface area (Å²) in [5.74, 6) is 1.38. The van der Waals surface area contributed by atoms with Gasteiger partial charge in [0, 0.05) is 19.8 Å². The van der Waals surface area contributed by atoms with Gasteiger partial charge in [0.1, 0.15) is 0 Å². The van der Waals surface area contributed by atoms with Crippen LogP contribution in [0.2, 0.25) is 0 Å². The molecule has 0 radical (unpaired) electrons. The molecule has 0 aliphatic rings. The van der Waals surface area contributed by atoms with E-state index in [1.165, 1.54) is 0 Å². The number of aromatic amines is 1. The van der Waals surface area contributed by atoms with E-state index in [0.717, 1.165) is 27.5 Å². The van der Waals surface area contributed by atoms with Crippen LogP contribution >= 0.6 is 11.8 Å². The smallest absolute Gasteiger partial charge is 0.199 e. The molecule has 0 aliphatic carbocycles. The Morgan fingerprint density at radius 2 is 1.96 bits per heavy atom. The Hall–Kier alpha value is -1.86. The Morgan fingerprint density at radius 1 is 1.17 bits per heavy atom. The maximum absolute atomic E-state index is 12.7. The molecule has 0 amide bonds. The minimum Gasteiger partial charge on any atom is -0.377 e. The van der Waals surface area contributed by atoms with Crippen molar-refractivity contribution in [2.24, 2.45) is 0 Å². The molecule has 1 aromatic carbocycles. The molecular formula is C17H20N4OS2. The van der Waals surface area contributed by atoms with E-state index in [1.54, 1.807) is 11.8 Å². The summed E-state index contributed by atoms with van der Waals surface area (Å²) in [4.78, 5) is 14.1. The first-order valence-electron chi connectivity index (χ1n) is 7.71. The molecule has 7 heteroatoms. The summed E-state index contributed by atoms with van der Waals surface area (Å²) in [6.45, 7) is 2.09. The molecule has 0 bridgehead atoms. The molecule has 0 aliphatic heterocycles. The van der Waals surface area contributed by atoms with Gasteiger partial charge < -0.3 is 9.88 Å². The Morgan fingerprint density at radius 3 is 2.71 bits per heavy atom. The van der Waals surface area contributed by atoms with Gasteiger partial charge in [-0.1, -0.05) is 25.1 Å². The van der Waals surface area contributed by atoms with Gasteiger partial charge in [-0.2, -0.15) is 0 Å². The number of H-pyrrole nitrogens is 1. The van der Waals surface area contributed by atoms with E-state index in [2.05, 4.69) is 21.9 Å². The maximum atomic E-state index is 12.7. The molecule has 2 heterocycles. The lowest BCUT2D eigenvalue weighted by Crippen LogP contribution is -2.12. The van der Waals surface area contributed by atoms with Crippen molar-refractivity contribution >= 4 is 39.4 Å². The lowest BCUT2D eigenvalue weighted by atomic mass is 10.2. The quantitative estimate of drug-likeness (QED) is 0.682. The largest absolute Gasteiger partial charge is 0.377 e. The SMILES string of the molecule is CCSc1ccc2[nH]c(S(=O)Cc3ccccc3N(C)C)nc2n1. The van der Waals surface area contributed by atoms with Gasteiger partial charge in [-0.3, -0.25) is 4.21 Å². The lowest BCUT2D eigenvalue weighted by molar-refractivity contribution is 0.677. The number of rotatable bonds is 6. The van der Waals surface area contributed by atoms with E-state index in [9.17, 15) is 4.21 Å². The topological polar surface area (TPSA) is 61.9 Å². The molecule has 126 valence electrons. The Kier molecular flexibility index (Phi) is 5.20. The molecule has 1 N–H and O–H groups in total. The highest BCUT2D eigenvalue weighted by Gasteiger charge is 2.14. The highest BCUT2D eigenvalue weighted by molar-refractivity contribution is 7.99. The Balaban J connectivity index is 1.86. The number of para-hydroxylation sites is 1. The molecule has 1 atom stereocenters. The van der Waals surface area contributed by atoms with Gasteiger partial charge in [-0.15, -0.1) is 11.8 Å². The molecule has 1 unspecified atom stereocenters. The predicted molar refractivity (Wildman–Crippen MR) is 101 cm³/mol. The molecule has 0 saturated carbocycles. The summed E-state index contributed by atoms with van der Waals surface area (Å²) in [6.07, 6.45) is 0. The van der Waals surface area contributed by atoms with Gasteiger partial charge in [-0.05, 0) is 29.5 Å². The Labute approximate surface area is 148 Å². The zero-order valence-electron chi connectivity index (χ0n) is 13.9. The van der Waals surface area contributed by atoms with Crippen LogP contribution in [-0.4, -0.2) is 39.0 Å². The van der Waals surface area contributed by atoms with Gasteiger partial charge >= 0.3 is 0 Å². The van der Waals surface area contributed by atoms with E-state index < -0.39 is 10.8 Å². The van der Waals surface area contributed by atoms with E-state index in [4.69, 9.17) is 0 Å². The minimum absolute atomic E-state index is 0.421. The van der Waals surface area contributed by atoms with Crippen molar-refractivity contribution in [2.75, 3.05) is 24.7 Å². The predicted octanol–water partition coefficient (Wildman–Crippen LogP) is 3.44. The molecule has 5 nitrogen and oxygen atoms in total. The molecule has 0 saturated heterocycles. The van der Waals surface area contributed by atoms with E-state index in [-0.39, 0.29) is 0 Å². The summed E-state index contributed by atoms with van der Waals surface area (Å²) in [7, 11) is 2.73. The minimum atomic E-state index is -1.24. The molecule has 0 fully saturated rings. The average molecular weight is 361 g/mol. The second-order valence-corrected chi connectivity index (χ2v) is 8.16. The van der Waals surface area contributed by atoms with Crippen molar-refractivity contribution in [3.8, 4) is 0 Å². The first-order chi connectivity index (χ1) is 11.6. The zero-order chi connectivity index (χ0) is 17.1. The number of nitrogens with one attached hydrogen (secondary N) is 1. The fourth-order valence-corrected chi connectivity index (χ4v) is 4.15. The van der Waals surface area contributed by atoms with Crippen molar-refractivity contribution < 1.29 is 4.21 Å². The maximum Gasteiger partial charge on any atom is 0.199 e. The van der Waals surface area contributed by atoms with Crippen LogP contribution in [0.15, 0.2) is 46.6 Å². The number of thioether (sulfide) groups is 1. The number of anilines is 1. The number of hydrogen-bond donors (Lipinski definition) is 1. The lowest BCUT2D eigenvalue weighted by Gasteiger charge is -2.16. The fraction of sp³-hybridized carbons (Fsp3) is 0.294. The zero-order valence-corrected chi connectivity index (χ0v) is 15.6. The van der Waals surface area contributed by atoms with Crippen molar-refractivity contribution in [2.45, 2.75) is 22.9 Å². The van der Waals surface area contributed by atoms with Crippen LogP contribution in [0.4, 0.5) is 5.69 Å². The molecule has 0 spiro atoms. The first kappa shape index (κ1) is 17.0. The third kappa shape index (κ3) is 3.62. The highest BCUT2D eigenvalue weighted by atomic mass is 32.2. The number of benzene rings is 1. The number of pyridine rings is 1. The summed E-state index contributed by atoms with van der Waals surface area (Å²) < 4.78 is 12.7. The molecule has 24 heavy (non-hydrogen) atoms. The number of aromatic nitrogens is 3. The number of imidazole rings is 1. The standard InChI is InChI=1S/C17H20N4OS2/c1-4-23-15-10-9-13-16(19-15)20-17(18-13)24(22)11-12-7-5-6-8-14(12)21(2)3/h5-10H,4,11H2,1-3H3,(H,18,19,20). The van der Waals surface area contributed by atoms with Crippen molar-refractivity contribution in [3.05, 3.63) is 42.0 Å². The first-order valence-corrected chi connectivity index (χ1v) is 10.0. The molecule has 3 rings (SSSR count).